The number of nitrogens with zero attached hydrogens (tertiary/aromatic N) is 3. The van der Waals surface area contributed by atoms with Gasteiger partial charge in [-0.3, -0.25) is 9.55 Å². The Bertz CT molecular complexity index is 3190. The molecule has 0 unspecified atom stereocenters. The summed E-state index contributed by atoms with van der Waals surface area (Å²) in [7, 11) is 0. The molecule has 0 atom stereocenters. The lowest BCUT2D eigenvalue weighted by Gasteiger charge is -2.21. The van der Waals surface area contributed by atoms with Crippen molar-refractivity contribution in [2.75, 3.05) is 0 Å². The first-order chi connectivity index (χ1) is 29.0. The summed E-state index contributed by atoms with van der Waals surface area (Å²) >= 11 is 0. The van der Waals surface area contributed by atoms with Crippen LogP contribution in [-0.4, -0.2) is 19.5 Å². The predicted octanol–water partition coefficient (Wildman–Crippen LogP) is 15.0. The van der Waals surface area contributed by atoms with Gasteiger partial charge in [-0.05, 0) is 123 Å². The number of pyridine rings is 1. The second-order valence-electron chi connectivity index (χ2n) is 18.1. The maximum atomic E-state index is 5.72. The first-order valence-electron chi connectivity index (χ1n) is 20.9. The molecule has 60 heavy (non-hydrogen) atoms. The average molecular weight is 777 g/mol. The lowest BCUT2D eigenvalue weighted by Crippen LogP contribution is -2.11. The van der Waals surface area contributed by atoms with Gasteiger partial charge in [0.1, 0.15) is 5.82 Å². The highest BCUT2D eigenvalue weighted by atomic mass is 15.1. The number of fused-ring (bicyclic) bond motifs is 4. The van der Waals surface area contributed by atoms with Crippen LogP contribution in [0.1, 0.15) is 52.7 Å². The summed E-state index contributed by atoms with van der Waals surface area (Å²) in [6.07, 6.45) is 1.92. The van der Waals surface area contributed by atoms with E-state index in [1.807, 2.05) is 6.20 Å². The van der Waals surface area contributed by atoms with E-state index in [0.717, 1.165) is 78.2 Å². The van der Waals surface area contributed by atoms with Gasteiger partial charge in [-0.2, -0.15) is 0 Å². The standard InChI is InChI=1S/C56H48N4/c1-55(2,3)42-25-26-49-46(33-42)47-34-43(56(4,5)6)35-48(52(47)58-49)54-59-53-45(23-16-24-51(53)60(54)44-21-14-9-15-22-44)40-29-39(37-19-12-8-13-20-37)30-41(31-40)50-32-38(27-28-57-50)36-17-10-7-11-18-36/h7-35,58H,1-6H3. The molecular weight excluding hydrogens is 729 g/mol. The highest BCUT2D eigenvalue weighted by Crippen LogP contribution is 2.43. The molecule has 0 bridgehead atoms. The van der Waals surface area contributed by atoms with E-state index < -0.39 is 0 Å². The van der Waals surface area contributed by atoms with E-state index in [-0.39, 0.29) is 10.8 Å². The highest BCUT2D eigenvalue weighted by molar-refractivity contribution is 6.13. The third kappa shape index (κ3) is 6.68. The number of imidazole rings is 1. The van der Waals surface area contributed by atoms with Gasteiger partial charge >= 0.3 is 0 Å². The molecule has 0 fully saturated rings. The summed E-state index contributed by atoms with van der Waals surface area (Å²) < 4.78 is 2.35. The molecule has 292 valence electrons. The number of hydrogen-bond donors (Lipinski definition) is 1. The zero-order valence-corrected chi connectivity index (χ0v) is 35.1. The van der Waals surface area contributed by atoms with Crippen molar-refractivity contribution < 1.29 is 0 Å². The van der Waals surface area contributed by atoms with Gasteiger partial charge in [0, 0.05) is 44.9 Å². The third-order valence-electron chi connectivity index (χ3n) is 11.9. The Hall–Kier alpha value is -7.04. The minimum atomic E-state index is -0.0942. The molecule has 0 aliphatic carbocycles. The Morgan fingerprint density at radius 1 is 0.467 bits per heavy atom. The molecule has 4 nitrogen and oxygen atoms in total. The van der Waals surface area contributed by atoms with Crippen LogP contribution in [0.5, 0.6) is 0 Å². The number of aromatic amines is 1. The van der Waals surface area contributed by atoms with Crippen molar-refractivity contribution in [3.05, 3.63) is 187 Å². The largest absolute Gasteiger partial charge is 0.354 e. The number of nitrogens with one attached hydrogen (secondary N) is 1. The van der Waals surface area contributed by atoms with Gasteiger partial charge in [0.2, 0.25) is 0 Å². The Morgan fingerprint density at radius 3 is 1.80 bits per heavy atom. The van der Waals surface area contributed by atoms with Crippen molar-refractivity contribution in [3.8, 4) is 61.7 Å². The topological polar surface area (TPSA) is 46.5 Å². The molecule has 3 aromatic heterocycles. The van der Waals surface area contributed by atoms with E-state index in [4.69, 9.17) is 9.97 Å². The smallest absolute Gasteiger partial charge is 0.147 e. The molecule has 3 heterocycles. The van der Waals surface area contributed by atoms with Crippen molar-refractivity contribution in [1.82, 2.24) is 19.5 Å². The van der Waals surface area contributed by atoms with Crippen LogP contribution in [0.25, 0.3) is 94.6 Å². The summed E-state index contributed by atoms with van der Waals surface area (Å²) in [5, 5.41) is 2.46. The van der Waals surface area contributed by atoms with Crippen molar-refractivity contribution in [2.24, 2.45) is 0 Å². The molecule has 10 aromatic rings. The number of aromatic nitrogens is 4. The second-order valence-corrected chi connectivity index (χ2v) is 18.1. The normalized spacial score (nSPS) is 12.2. The van der Waals surface area contributed by atoms with Crippen LogP contribution in [0.15, 0.2) is 176 Å². The fraction of sp³-hybridized carbons (Fsp3) is 0.143. The molecule has 4 heteroatoms. The van der Waals surface area contributed by atoms with Gasteiger partial charge in [-0.25, -0.2) is 4.98 Å². The molecule has 0 amide bonds. The summed E-state index contributed by atoms with van der Waals surface area (Å²) in [5.74, 6) is 0.902. The number of para-hydroxylation sites is 2. The van der Waals surface area contributed by atoms with Crippen LogP contribution in [0, 0.1) is 0 Å². The van der Waals surface area contributed by atoms with E-state index in [2.05, 4.69) is 221 Å². The van der Waals surface area contributed by atoms with Crippen LogP contribution in [0.3, 0.4) is 0 Å². The van der Waals surface area contributed by atoms with Gasteiger partial charge in [0.05, 0.1) is 22.2 Å². The first kappa shape index (κ1) is 37.2. The Balaban J connectivity index is 1.24. The molecule has 10 rings (SSSR count). The summed E-state index contributed by atoms with van der Waals surface area (Å²) in [6.45, 7) is 13.7. The van der Waals surface area contributed by atoms with E-state index in [1.54, 1.807) is 0 Å². The molecule has 1 N–H and O–H groups in total. The third-order valence-corrected chi connectivity index (χ3v) is 11.9. The van der Waals surface area contributed by atoms with Crippen LogP contribution in [0.2, 0.25) is 0 Å². The van der Waals surface area contributed by atoms with E-state index in [9.17, 15) is 0 Å². The summed E-state index contributed by atoms with van der Waals surface area (Å²) in [6, 6.07) is 61.2. The fourth-order valence-corrected chi connectivity index (χ4v) is 8.55. The van der Waals surface area contributed by atoms with Crippen LogP contribution in [0.4, 0.5) is 0 Å². The molecule has 0 aliphatic rings. The van der Waals surface area contributed by atoms with Crippen molar-refractivity contribution >= 4 is 32.8 Å². The fourth-order valence-electron chi connectivity index (χ4n) is 8.55. The lowest BCUT2D eigenvalue weighted by atomic mass is 9.84. The Morgan fingerprint density at radius 2 is 1.10 bits per heavy atom. The maximum Gasteiger partial charge on any atom is 0.147 e. The Kier molecular flexibility index (Phi) is 8.91. The molecule has 7 aromatic carbocycles. The average Bonchev–Trinajstić information content (AvgIpc) is 3.85. The number of rotatable bonds is 6. The van der Waals surface area contributed by atoms with Crippen LogP contribution >= 0.6 is 0 Å². The molecule has 0 radical (unpaired) electrons. The lowest BCUT2D eigenvalue weighted by molar-refractivity contribution is 0.590. The van der Waals surface area contributed by atoms with Gasteiger partial charge in [-0.15, -0.1) is 0 Å². The molecule has 0 saturated carbocycles. The number of hydrogen-bond acceptors (Lipinski definition) is 2. The minimum Gasteiger partial charge on any atom is -0.354 e. The summed E-state index contributed by atoms with van der Waals surface area (Å²) in [5.41, 5.74) is 17.6. The number of benzene rings is 7. The molecular formula is C56H48N4. The van der Waals surface area contributed by atoms with Gasteiger partial charge < -0.3 is 4.98 Å². The first-order valence-corrected chi connectivity index (χ1v) is 20.9. The quantitative estimate of drug-likeness (QED) is 0.183. The zero-order valence-electron chi connectivity index (χ0n) is 35.1. The summed E-state index contributed by atoms with van der Waals surface area (Å²) in [4.78, 5) is 14.5. The van der Waals surface area contributed by atoms with E-state index in [1.165, 1.54) is 27.5 Å². The van der Waals surface area contributed by atoms with E-state index >= 15 is 0 Å². The van der Waals surface area contributed by atoms with Crippen molar-refractivity contribution in [3.63, 3.8) is 0 Å². The highest BCUT2D eigenvalue weighted by Gasteiger charge is 2.25. The second kappa shape index (κ2) is 14.4. The van der Waals surface area contributed by atoms with E-state index in [0.29, 0.717) is 0 Å². The van der Waals surface area contributed by atoms with Gasteiger partial charge in [-0.1, -0.05) is 139 Å². The van der Waals surface area contributed by atoms with Crippen molar-refractivity contribution in [2.45, 2.75) is 52.4 Å². The van der Waals surface area contributed by atoms with Crippen LogP contribution < -0.4 is 0 Å². The van der Waals surface area contributed by atoms with Crippen LogP contribution in [-0.2, 0) is 10.8 Å². The van der Waals surface area contributed by atoms with Gasteiger partial charge in [0.15, 0.2) is 0 Å². The molecule has 0 saturated heterocycles. The molecule has 0 spiro atoms. The monoisotopic (exact) mass is 776 g/mol. The van der Waals surface area contributed by atoms with Gasteiger partial charge in [0.25, 0.3) is 0 Å². The molecule has 0 aliphatic heterocycles. The van der Waals surface area contributed by atoms with Crippen molar-refractivity contribution in [1.29, 1.82) is 0 Å². The minimum absolute atomic E-state index is 0.0262. The SMILES string of the molecule is CC(C)(C)c1ccc2[nH]c3c(-c4nc5c(-c6cc(-c7ccccc7)cc(-c7cc(-c8ccccc8)ccn7)c6)cccc5n4-c4ccccc4)cc(C(C)(C)C)cc3c2c1. The maximum absolute atomic E-state index is 5.72. The predicted molar refractivity (Wildman–Crippen MR) is 253 cm³/mol. The zero-order chi connectivity index (χ0) is 41.2. The number of H-pyrrole nitrogens is 1. The Labute approximate surface area is 352 Å².